The van der Waals surface area contributed by atoms with Gasteiger partial charge >= 0.3 is 0 Å². The fourth-order valence-corrected chi connectivity index (χ4v) is 1.51. The van der Waals surface area contributed by atoms with E-state index in [2.05, 4.69) is 9.97 Å². The number of hydrogen-bond acceptors (Lipinski definition) is 4. The zero-order valence-electron chi connectivity index (χ0n) is 10.9. The van der Waals surface area contributed by atoms with Crippen LogP contribution in [0, 0.1) is 0 Å². The van der Waals surface area contributed by atoms with Gasteiger partial charge < -0.3 is 10.6 Å². The molecule has 5 nitrogen and oxygen atoms in total. The molecule has 0 aromatic carbocycles. The van der Waals surface area contributed by atoms with Gasteiger partial charge in [-0.25, -0.2) is 9.97 Å². The number of hydrogen-bond donors (Lipinski definition) is 1. The normalized spacial score (nSPS) is 10.6. The first-order chi connectivity index (χ1) is 8.01. The highest BCUT2D eigenvalue weighted by molar-refractivity contribution is 5.96. The lowest BCUT2D eigenvalue weighted by atomic mass is 10.2. The largest absolute Gasteiger partial charge is 0.396 e. The smallest absolute Gasteiger partial charge is 0.274 e. The van der Waals surface area contributed by atoms with Crippen LogP contribution in [0.5, 0.6) is 0 Å². The molecule has 0 bridgehead atoms. The number of nitrogens with two attached hydrogens (primary N) is 1. The van der Waals surface area contributed by atoms with Gasteiger partial charge in [-0.1, -0.05) is 13.8 Å². The lowest BCUT2D eigenvalue weighted by molar-refractivity contribution is 0.0767. The molecule has 1 aromatic rings. The molecule has 1 aromatic heterocycles. The number of aromatic nitrogens is 2. The summed E-state index contributed by atoms with van der Waals surface area (Å²) in [5, 5.41) is 0. The van der Waals surface area contributed by atoms with Crippen molar-refractivity contribution >= 4 is 11.6 Å². The molecule has 0 unspecified atom stereocenters. The molecule has 0 radical (unpaired) electrons. The number of nitrogen functional groups attached to an aromatic ring is 1. The van der Waals surface area contributed by atoms with Gasteiger partial charge in [-0.2, -0.15) is 0 Å². The summed E-state index contributed by atoms with van der Waals surface area (Å²) in [7, 11) is 0. The molecule has 1 amide bonds. The molecule has 1 heterocycles. The van der Waals surface area contributed by atoms with Crippen molar-refractivity contribution in [3.8, 4) is 0 Å². The van der Waals surface area contributed by atoms with Crippen LogP contribution in [-0.4, -0.2) is 33.9 Å². The second-order valence-electron chi connectivity index (χ2n) is 4.16. The zero-order chi connectivity index (χ0) is 13.0. The van der Waals surface area contributed by atoms with Crippen LogP contribution in [0.25, 0.3) is 0 Å². The molecule has 0 spiro atoms. The summed E-state index contributed by atoms with van der Waals surface area (Å²) < 4.78 is 0. The number of carbonyl (C=O) groups is 1. The highest BCUT2D eigenvalue weighted by atomic mass is 16.2. The van der Waals surface area contributed by atoms with Crippen LogP contribution >= 0.6 is 0 Å². The van der Waals surface area contributed by atoms with Crippen LogP contribution in [0.2, 0.25) is 0 Å². The lowest BCUT2D eigenvalue weighted by Gasteiger charge is -2.19. The molecule has 1 rings (SSSR count). The van der Waals surface area contributed by atoms with E-state index in [-0.39, 0.29) is 11.8 Å². The van der Waals surface area contributed by atoms with E-state index in [1.165, 1.54) is 6.20 Å². The number of nitrogens with zero attached hydrogens (tertiary/aromatic N) is 3. The second kappa shape index (κ2) is 5.61. The van der Waals surface area contributed by atoms with Crippen LogP contribution in [0.4, 0.5) is 5.69 Å². The predicted octanol–water partition coefficient (Wildman–Crippen LogP) is 1.66. The Balaban J connectivity index is 3.11. The molecule has 2 N–H and O–H groups in total. The van der Waals surface area contributed by atoms with Gasteiger partial charge in [0.15, 0.2) is 5.69 Å². The molecule has 0 saturated carbocycles. The number of anilines is 1. The van der Waals surface area contributed by atoms with Gasteiger partial charge in [0.05, 0.1) is 11.9 Å². The van der Waals surface area contributed by atoms with E-state index in [1.54, 1.807) is 4.90 Å². The van der Waals surface area contributed by atoms with Gasteiger partial charge in [0.2, 0.25) is 0 Å². The van der Waals surface area contributed by atoms with Crippen LogP contribution < -0.4 is 5.73 Å². The zero-order valence-corrected chi connectivity index (χ0v) is 10.9. The van der Waals surface area contributed by atoms with Gasteiger partial charge in [0.1, 0.15) is 5.82 Å². The third-order valence-corrected chi connectivity index (χ3v) is 2.61. The Morgan fingerprint density at radius 1 is 1.41 bits per heavy atom. The third-order valence-electron chi connectivity index (χ3n) is 2.61. The number of amides is 1. The monoisotopic (exact) mass is 236 g/mol. The summed E-state index contributed by atoms with van der Waals surface area (Å²) in [5.41, 5.74) is 6.42. The van der Waals surface area contributed by atoms with E-state index in [9.17, 15) is 4.79 Å². The van der Waals surface area contributed by atoms with Crippen LogP contribution in [-0.2, 0) is 0 Å². The molecule has 17 heavy (non-hydrogen) atoms. The first-order valence-electron chi connectivity index (χ1n) is 5.92. The fraction of sp³-hybridized carbons (Fsp3) is 0.583. The number of carbonyl (C=O) groups excluding carboxylic acids is 1. The maximum Gasteiger partial charge on any atom is 0.274 e. The van der Waals surface area contributed by atoms with Gasteiger partial charge in [-0.05, 0) is 13.8 Å². The van der Waals surface area contributed by atoms with E-state index < -0.39 is 0 Å². The van der Waals surface area contributed by atoms with Crippen molar-refractivity contribution in [2.45, 2.75) is 33.6 Å². The van der Waals surface area contributed by atoms with E-state index in [0.717, 1.165) is 0 Å². The van der Waals surface area contributed by atoms with Crippen LogP contribution in [0.3, 0.4) is 0 Å². The highest BCUT2D eigenvalue weighted by Crippen LogP contribution is 2.15. The summed E-state index contributed by atoms with van der Waals surface area (Å²) in [5.74, 6) is 0.699. The molecule has 5 heteroatoms. The van der Waals surface area contributed by atoms with E-state index in [1.807, 2.05) is 27.7 Å². The first-order valence-corrected chi connectivity index (χ1v) is 5.92. The minimum atomic E-state index is -0.128. The van der Waals surface area contributed by atoms with Crippen LogP contribution in [0.15, 0.2) is 6.20 Å². The van der Waals surface area contributed by atoms with Gasteiger partial charge in [-0.15, -0.1) is 0 Å². The summed E-state index contributed by atoms with van der Waals surface area (Å²) in [4.78, 5) is 22.2. The van der Waals surface area contributed by atoms with Crippen LogP contribution in [0.1, 0.15) is 49.9 Å². The Bertz CT molecular complexity index is 399. The molecular weight excluding hydrogens is 216 g/mol. The topological polar surface area (TPSA) is 72.1 Å². The average Bonchev–Trinajstić information content (AvgIpc) is 2.30. The van der Waals surface area contributed by atoms with Gasteiger partial charge in [0, 0.05) is 19.0 Å². The van der Waals surface area contributed by atoms with Crippen molar-refractivity contribution < 1.29 is 4.79 Å². The SMILES string of the molecule is CCN(CC)C(=O)c1nc(C(C)C)ncc1N. The third kappa shape index (κ3) is 2.93. The van der Waals surface area contributed by atoms with E-state index >= 15 is 0 Å². The summed E-state index contributed by atoms with van der Waals surface area (Å²) >= 11 is 0. The summed E-state index contributed by atoms with van der Waals surface area (Å²) in [6.45, 7) is 9.13. The highest BCUT2D eigenvalue weighted by Gasteiger charge is 2.18. The summed E-state index contributed by atoms with van der Waals surface area (Å²) in [6.07, 6.45) is 1.51. The minimum Gasteiger partial charge on any atom is -0.396 e. The molecule has 94 valence electrons. The summed E-state index contributed by atoms with van der Waals surface area (Å²) in [6, 6.07) is 0. The Morgan fingerprint density at radius 2 is 2.00 bits per heavy atom. The average molecular weight is 236 g/mol. The number of rotatable bonds is 4. The first kappa shape index (κ1) is 13.4. The van der Waals surface area contributed by atoms with Crippen molar-refractivity contribution in [3.05, 3.63) is 17.7 Å². The maximum atomic E-state index is 12.2. The van der Waals surface area contributed by atoms with Crippen molar-refractivity contribution in [2.75, 3.05) is 18.8 Å². The second-order valence-corrected chi connectivity index (χ2v) is 4.16. The Kier molecular flexibility index (Phi) is 4.43. The van der Waals surface area contributed by atoms with E-state index in [4.69, 9.17) is 5.73 Å². The molecule has 0 aliphatic carbocycles. The van der Waals surface area contributed by atoms with Gasteiger partial charge in [-0.3, -0.25) is 4.79 Å². The Morgan fingerprint density at radius 3 is 2.47 bits per heavy atom. The Hall–Kier alpha value is -1.65. The van der Waals surface area contributed by atoms with E-state index in [0.29, 0.717) is 30.3 Å². The quantitative estimate of drug-likeness (QED) is 0.863. The Labute approximate surface area is 102 Å². The van der Waals surface area contributed by atoms with Crippen molar-refractivity contribution in [1.29, 1.82) is 0 Å². The minimum absolute atomic E-state index is 0.128. The molecular formula is C12H20N4O. The van der Waals surface area contributed by atoms with Crippen molar-refractivity contribution in [3.63, 3.8) is 0 Å². The molecule has 0 fully saturated rings. The molecule has 0 aliphatic heterocycles. The van der Waals surface area contributed by atoms with Gasteiger partial charge in [0.25, 0.3) is 5.91 Å². The van der Waals surface area contributed by atoms with Crippen molar-refractivity contribution in [2.24, 2.45) is 0 Å². The molecule has 0 aliphatic rings. The molecule has 0 atom stereocenters. The van der Waals surface area contributed by atoms with Crippen molar-refractivity contribution in [1.82, 2.24) is 14.9 Å². The fourth-order valence-electron chi connectivity index (χ4n) is 1.51. The standard InChI is InChI=1S/C12H20N4O/c1-5-16(6-2)12(17)10-9(13)7-14-11(15-10)8(3)4/h7-8H,5-6,13H2,1-4H3. The molecule has 0 saturated heterocycles. The predicted molar refractivity (Wildman–Crippen MR) is 67.8 cm³/mol. The lowest BCUT2D eigenvalue weighted by Crippen LogP contribution is -2.32. The maximum absolute atomic E-state index is 12.2.